The van der Waals surface area contributed by atoms with Gasteiger partial charge < -0.3 is 28.8 Å². The molecule has 0 aromatic heterocycles. The number of phosphoric acid groups is 1. The van der Waals surface area contributed by atoms with Crippen molar-refractivity contribution in [2.24, 2.45) is 0 Å². The van der Waals surface area contributed by atoms with Crippen molar-refractivity contribution in [1.29, 1.82) is 0 Å². The average molecular weight is 1010 g/mol. The fourth-order valence-electron chi connectivity index (χ4n) is 8.00. The van der Waals surface area contributed by atoms with Gasteiger partial charge in [0.2, 0.25) is 5.91 Å². The Morgan fingerprint density at radius 1 is 0.507 bits per heavy atom. The zero-order chi connectivity index (χ0) is 52.0. The molecule has 0 spiro atoms. The van der Waals surface area contributed by atoms with E-state index in [2.05, 4.69) is 104 Å². The molecule has 71 heavy (non-hydrogen) atoms. The second kappa shape index (κ2) is 52.3. The van der Waals surface area contributed by atoms with Crippen LogP contribution in [0.25, 0.3) is 0 Å². The number of carbonyl (C=O) groups is 1. The van der Waals surface area contributed by atoms with Crippen LogP contribution in [0.3, 0.4) is 0 Å². The molecule has 0 heterocycles. The molecule has 8 nitrogen and oxygen atoms in total. The highest BCUT2D eigenvalue weighted by molar-refractivity contribution is 7.45. The normalized spacial score (nSPS) is 14.6. The molecule has 0 aromatic carbocycles. The van der Waals surface area contributed by atoms with E-state index in [0.717, 1.165) is 103 Å². The first-order valence-corrected chi connectivity index (χ1v) is 30.6. The monoisotopic (exact) mass is 1010 g/mol. The van der Waals surface area contributed by atoms with Crippen molar-refractivity contribution in [3.05, 3.63) is 97.2 Å². The summed E-state index contributed by atoms with van der Waals surface area (Å²) in [5.74, 6) is -0.224. The summed E-state index contributed by atoms with van der Waals surface area (Å²) >= 11 is 0. The number of nitrogens with one attached hydrogen (secondary N) is 1. The number of phosphoric ester groups is 1. The van der Waals surface area contributed by atoms with Crippen LogP contribution in [0.1, 0.15) is 239 Å². The van der Waals surface area contributed by atoms with Gasteiger partial charge >= 0.3 is 0 Å². The van der Waals surface area contributed by atoms with Gasteiger partial charge in [0.1, 0.15) is 13.2 Å². The SMILES string of the molecule is CC/C=C\C/C=C\C/C=C\C/C=C\C/C=C\C/C=C\CCCCCCCCC(=O)NC(COP(=O)([O-])OCC[N+](C)(C)C)C(O)/C=C/CC/C=C/CCCCCCCCCCCCCCCCCCCC. The van der Waals surface area contributed by atoms with Gasteiger partial charge in [-0.1, -0.05) is 246 Å². The summed E-state index contributed by atoms with van der Waals surface area (Å²) in [4.78, 5) is 25.5. The number of amides is 1. The Labute approximate surface area is 439 Å². The Morgan fingerprint density at radius 2 is 0.873 bits per heavy atom. The molecule has 0 saturated carbocycles. The molecule has 0 aliphatic carbocycles. The van der Waals surface area contributed by atoms with Gasteiger partial charge in [-0.15, -0.1) is 0 Å². The van der Waals surface area contributed by atoms with E-state index in [1.807, 2.05) is 27.2 Å². The summed E-state index contributed by atoms with van der Waals surface area (Å²) < 4.78 is 23.3. The Balaban J connectivity index is 4.32. The van der Waals surface area contributed by atoms with Crippen molar-refractivity contribution in [3.63, 3.8) is 0 Å². The van der Waals surface area contributed by atoms with Gasteiger partial charge in [-0.2, -0.15) is 0 Å². The summed E-state index contributed by atoms with van der Waals surface area (Å²) in [6.45, 7) is 4.51. The number of nitrogens with zero attached hydrogens (tertiary/aromatic N) is 1. The molecule has 0 saturated heterocycles. The predicted molar refractivity (Wildman–Crippen MR) is 306 cm³/mol. The maximum atomic E-state index is 13.0. The third-order valence-corrected chi connectivity index (χ3v) is 13.5. The quantitative estimate of drug-likeness (QED) is 0.0272. The third kappa shape index (κ3) is 55.0. The van der Waals surface area contributed by atoms with Crippen LogP contribution in [0.5, 0.6) is 0 Å². The lowest BCUT2D eigenvalue weighted by Gasteiger charge is -2.29. The minimum atomic E-state index is -4.62. The number of likely N-dealkylation sites (N-methyl/N-ethyl adjacent to an activating group) is 1. The van der Waals surface area contributed by atoms with Gasteiger partial charge in [-0.25, -0.2) is 0 Å². The lowest BCUT2D eigenvalue weighted by atomic mass is 10.0. The molecule has 1 amide bonds. The molecule has 2 N–H and O–H groups in total. The molecular weight excluding hydrogens is 900 g/mol. The van der Waals surface area contributed by atoms with Crippen LogP contribution in [-0.2, 0) is 18.4 Å². The number of hydrogen-bond acceptors (Lipinski definition) is 6. The fourth-order valence-corrected chi connectivity index (χ4v) is 8.72. The Hall–Kier alpha value is -2.58. The highest BCUT2D eigenvalue weighted by Crippen LogP contribution is 2.38. The minimum absolute atomic E-state index is 0.0146. The number of aliphatic hydroxyl groups is 1. The topological polar surface area (TPSA) is 108 Å². The largest absolute Gasteiger partial charge is 0.756 e. The predicted octanol–water partition coefficient (Wildman–Crippen LogP) is 17.2. The molecule has 3 atom stereocenters. The van der Waals surface area contributed by atoms with Crippen LogP contribution >= 0.6 is 7.82 Å². The number of allylic oxidation sites excluding steroid dienone is 15. The van der Waals surface area contributed by atoms with Crippen molar-refractivity contribution in [2.45, 2.75) is 251 Å². The molecule has 3 unspecified atom stereocenters. The maximum absolute atomic E-state index is 13.0. The van der Waals surface area contributed by atoms with E-state index in [0.29, 0.717) is 17.4 Å². The van der Waals surface area contributed by atoms with Crippen LogP contribution in [-0.4, -0.2) is 68.5 Å². The number of quaternary nitrogens is 1. The number of rotatable bonds is 52. The molecule has 0 aliphatic heterocycles. The first kappa shape index (κ1) is 68.4. The lowest BCUT2D eigenvalue weighted by molar-refractivity contribution is -0.870. The molecular formula is C62H111N2O6P. The van der Waals surface area contributed by atoms with Crippen molar-refractivity contribution >= 4 is 13.7 Å². The fraction of sp³-hybridized carbons (Fsp3) is 0.726. The maximum Gasteiger partial charge on any atom is 0.268 e. The van der Waals surface area contributed by atoms with Crippen LogP contribution in [0, 0.1) is 0 Å². The summed E-state index contributed by atoms with van der Waals surface area (Å²) in [7, 11) is 1.22. The van der Waals surface area contributed by atoms with Gasteiger partial charge in [0.25, 0.3) is 7.82 Å². The third-order valence-electron chi connectivity index (χ3n) is 12.5. The summed E-state index contributed by atoms with van der Waals surface area (Å²) in [6.07, 6.45) is 74.8. The first-order valence-electron chi connectivity index (χ1n) is 29.1. The van der Waals surface area contributed by atoms with Gasteiger partial charge in [-0.05, 0) is 83.5 Å². The van der Waals surface area contributed by atoms with E-state index in [1.54, 1.807) is 6.08 Å². The van der Waals surface area contributed by atoms with Gasteiger partial charge in [0.05, 0.1) is 39.9 Å². The van der Waals surface area contributed by atoms with Gasteiger partial charge in [0, 0.05) is 6.42 Å². The van der Waals surface area contributed by atoms with Gasteiger partial charge in [-0.3, -0.25) is 9.36 Å². The van der Waals surface area contributed by atoms with Crippen molar-refractivity contribution in [1.82, 2.24) is 5.32 Å². The van der Waals surface area contributed by atoms with E-state index >= 15 is 0 Å². The molecule has 9 heteroatoms. The summed E-state index contributed by atoms with van der Waals surface area (Å²) in [5, 5.41) is 13.9. The van der Waals surface area contributed by atoms with Crippen LogP contribution in [0.4, 0.5) is 0 Å². The van der Waals surface area contributed by atoms with E-state index in [4.69, 9.17) is 9.05 Å². The first-order chi connectivity index (χ1) is 34.5. The smallest absolute Gasteiger partial charge is 0.268 e. The van der Waals surface area contributed by atoms with Gasteiger partial charge in [0.15, 0.2) is 0 Å². The number of aliphatic hydroxyl groups excluding tert-OH is 1. The van der Waals surface area contributed by atoms with E-state index in [1.165, 1.54) is 116 Å². The molecule has 0 aliphatic rings. The second-order valence-electron chi connectivity index (χ2n) is 20.6. The Bertz CT molecular complexity index is 1470. The van der Waals surface area contributed by atoms with Crippen molar-refractivity contribution < 1.29 is 32.9 Å². The van der Waals surface area contributed by atoms with Crippen molar-refractivity contribution in [2.75, 3.05) is 40.9 Å². The molecule has 0 rings (SSSR count). The van der Waals surface area contributed by atoms with Crippen molar-refractivity contribution in [3.8, 4) is 0 Å². The van der Waals surface area contributed by atoms with E-state index in [9.17, 15) is 19.4 Å². The van der Waals surface area contributed by atoms with E-state index in [-0.39, 0.29) is 12.5 Å². The number of carbonyl (C=O) groups excluding carboxylic acids is 1. The van der Waals surface area contributed by atoms with E-state index < -0.39 is 26.6 Å². The number of unbranched alkanes of at least 4 members (excludes halogenated alkanes) is 25. The second-order valence-corrected chi connectivity index (χ2v) is 22.0. The average Bonchev–Trinajstić information content (AvgIpc) is 3.33. The minimum Gasteiger partial charge on any atom is -0.756 e. The molecule has 410 valence electrons. The number of hydrogen-bond donors (Lipinski definition) is 2. The van der Waals surface area contributed by atoms with Crippen LogP contribution < -0.4 is 10.2 Å². The molecule has 0 radical (unpaired) electrons. The zero-order valence-corrected chi connectivity index (χ0v) is 47.5. The molecule has 0 aromatic rings. The summed E-state index contributed by atoms with van der Waals surface area (Å²) in [5.41, 5.74) is 0. The highest BCUT2D eigenvalue weighted by atomic mass is 31.2. The summed E-state index contributed by atoms with van der Waals surface area (Å²) in [6, 6.07) is -0.919. The highest BCUT2D eigenvalue weighted by Gasteiger charge is 2.23. The lowest BCUT2D eigenvalue weighted by Crippen LogP contribution is -2.45. The van der Waals surface area contributed by atoms with Crippen LogP contribution in [0.2, 0.25) is 0 Å². The molecule has 0 fully saturated rings. The van der Waals surface area contributed by atoms with Crippen LogP contribution in [0.15, 0.2) is 97.2 Å². The molecule has 0 bridgehead atoms. The Morgan fingerprint density at radius 3 is 1.31 bits per heavy atom. The standard InChI is InChI=1S/C62H111N2O6P/c1-6-8-10-12-14-16-18-20-22-24-26-28-30-32-34-36-38-40-42-44-46-48-50-52-54-56-62(66)63-60(59-70-71(67,68)69-58-57-64(3,4)5)61(65)55-53-51-49-47-45-43-41-39-37-35-33-31-29-27-25-23-21-19-17-15-13-11-9-7-2/h8,10,14,16,20,22,26,28,32,34,38,40,45,47,53,55,60-61,65H,6-7,9,11-13,15,17-19,21,23-25,27,29-31,33,35-37,39,41-44,46,48-52,54,56-59H2,1-5H3,(H-,63,66,67,68)/b10-8-,16-14-,22-20-,28-26-,34-32-,40-38-,47-45+,55-53+. The zero-order valence-electron chi connectivity index (χ0n) is 46.6. The Kier molecular flexibility index (Phi) is 50.4.